The van der Waals surface area contributed by atoms with E-state index in [4.69, 9.17) is 16.3 Å². The predicted molar refractivity (Wildman–Crippen MR) is 123 cm³/mol. The number of aryl methyl sites for hydroxylation is 2. The Morgan fingerprint density at radius 2 is 1.84 bits per heavy atom. The second-order valence-corrected chi connectivity index (χ2v) is 8.13. The number of aromatic nitrogens is 1. The summed E-state index contributed by atoms with van der Waals surface area (Å²) >= 11 is 6.04. The Morgan fingerprint density at radius 1 is 1.19 bits per heavy atom. The number of aromatic hydroxyl groups is 1. The van der Waals surface area contributed by atoms with Crippen molar-refractivity contribution in [3.63, 3.8) is 0 Å². The molecule has 0 fully saturated rings. The zero-order valence-electron chi connectivity index (χ0n) is 18.3. The average Bonchev–Trinajstić information content (AvgIpc) is 2.75. The number of hydrogen-bond acceptors (Lipinski definition) is 5. The molecule has 1 N–H and O–H groups in total. The summed E-state index contributed by atoms with van der Waals surface area (Å²) in [5.41, 5.74) is 1.77. The van der Waals surface area contributed by atoms with Crippen LogP contribution in [0.3, 0.4) is 0 Å². The second-order valence-electron chi connectivity index (χ2n) is 7.72. The van der Waals surface area contributed by atoms with Crippen molar-refractivity contribution in [2.75, 3.05) is 0 Å². The fourth-order valence-electron chi connectivity index (χ4n) is 3.42. The van der Waals surface area contributed by atoms with Crippen LogP contribution >= 0.6 is 11.6 Å². The van der Waals surface area contributed by atoms with Gasteiger partial charge in [-0.05, 0) is 62.6 Å². The summed E-state index contributed by atoms with van der Waals surface area (Å²) in [4.78, 5) is 26.1. The molecule has 1 unspecified atom stereocenters. The molecule has 0 amide bonds. The van der Waals surface area contributed by atoms with Crippen molar-refractivity contribution in [3.05, 3.63) is 91.2 Å². The number of rotatable bonds is 6. The Kier molecular flexibility index (Phi) is 6.71. The number of pyridine rings is 1. The van der Waals surface area contributed by atoms with Crippen LogP contribution in [-0.4, -0.2) is 21.6 Å². The molecule has 0 saturated heterocycles. The molecule has 0 aliphatic rings. The van der Waals surface area contributed by atoms with Crippen molar-refractivity contribution in [2.24, 2.45) is 0 Å². The molecule has 3 rings (SSSR count). The van der Waals surface area contributed by atoms with E-state index in [-0.39, 0.29) is 23.2 Å². The van der Waals surface area contributed by atoms with Gasteiger partial charge in [-0.25, -0.2) is 0 Å². The molecule has 2 aromatic carbocycles. The summed E-state index contributed by atoms with van der Waals surface area (Å²) < 4.78 is 6.81. The van der Waals surface area contributed by atoms with E-state index in [9.17, 15) is 20.0 Å². The lowest BCUT2D eigenvalue weighted by Crippen LogP contribution is -2.31. The van der Waals surface area contributed by atoms with Gasteiger partial charge in [0, 0.05) is 5.02 Å². The van der Waals surface area contributed by atoms with E-state index in [0.29, 0.717) is 10.8 Å². The first-order valence-electron chi connectivity index (χ1n) is 10.0. The highest BCUT2D eigenvalue weighted by Gasteiger charge is 2.28. The first-order valence-corrected chi connectivity index (χ1v) is 10.4. The Hall–Kier alpha value is -3.56. The highest BCUT2D eigenvalue weighted by Crippen LogP contribution is 2.27. The van der Waals surface area contributed by atoms with Gasteiger partial charge in [0.05, 0.1) is 12.1 Å². The molecule has 1 aromatic heterocycles. The van der Waals surface area contributed by atoms with Crippen LogP contribution in [0.2, 0.25) is 5.02 Å². The standard InChI is InChI=1S/C25H23ClN2O4/c1-14-5-7-18(8-6-14)13-28-24(30)20(12-27)16(3)22(25(28)31)23(29)17(4)32-19-9-10-21(26)15(2)11-19/h5-11,17,31H,13H2,1-4H3. The molecule has 0 radical (unpaired) electrons. The van der Waals surface area contributed by atoms with Crippen molar-refractivity contribution < 1.29 is 14.6 Å². The zero-order chi connectivity index (χ0) is 23.6. The van der Waals surface area contributed by atoms with Crippen LogP contribution < -0.4 is 10.3 Å². The van der Waals surface area contributed by atoms with E-state index in [1.165, 1.54) is 6.92 Å². The van der Waals surface area contributed by atoms with Gasteiger partial charge < -0.3 is 9.84 Å². The number of hydrogen-bond donors (Lipinski definition) is 1. The lowest BCUT2D eigenvalue weighted by atomic mass is 9.99. The van der Waals surface area contributed by atoms with Crippen molar-refractivity contribution >= 4 is 17.4 Å². The van der Waals surface area contributed by atoms with Gasteiger partial charge in [-0.1, -0.05) is 41.4 Å². The maximum absolute atomic E-state index is 13.2. The predicted octanol–water partition coefficient (Wildman–Crippen LogP) is 4.70. The third kappa shape index (κ3) is 4.53. The summed E-state index contributed by atoms with van der Waals surface area (Å²) in [5, 5.41) is 21.0. The largest absolute Gasteiger partial charge is 0.494 e. The van der Waals surface area contributed by atoms with Crippen LogP contribution in [0.4, 0.5) is 0 Å². The first kappa shape index (κ1) is 23.1. The first-order chi connectivity index (χ1) is 15.1. The quantitative estimate of drug-likeness (QED) is 0.549. The molecular weight excluding hydrogens is 428 g/mol. The SMILES string of the molecule is Cc1ccc(Cn2c(O)c(C(=O)C(C)Oc3ccc(Cl)c(C)c3)c(C)c(C#N)c2=O)cc1. The number of ketones is 1. The smallest absolute Gasteiger partial charge is 0.271 e. The van der Waals surface area contributed by atoms with Gasteiger partial charge >= 0.3 is 0 Å². The van der Waals surface area contributed by atoms with Crippen LogP contribution in [0.25, 0.3) is 0 Å². The topological polar surface area (TPSA) is 92.3 Å². The Balaban J connectivity index is 2.03. The van der Waals surface area contributed by atoms with E-state index < -0.39 is 23.3 Å². The van der Waals surface area contributed by atoms with Gasteiger partial charge in [-0.3, -0.25) is 14.2 Å². The third-order valence-corrected chi connectivity index (χ3v) is 5.74. The molecule has 32 heavy (non-hydrogen) atoms. The average molecular weight is 451 g/mol. The Bertz CT molecular complexity index is 1290. The van der Waals surface area contributed by atoms with Gasteiger partial charge in [-0.15, -0.1) is 0 Å². The molecule has 1 heterocycles. The fourth-order valence-corrected chi connectivity index (χ4v) is 3.54. The van der Waals surface area contributed by atoms with E-state index >= 15 is 0 Å². The number of benzene rings is 2. The van der Waals surface area contributed by atoms with Gasteiger partial charge in [0.2, 0.25) is 11.7 Å². The van der Waals surface area contributed by atoms with Crippen molar-refractivity contribution in [1.29, 1.82) is 5.26 Å². The normalized spacial score (nSPS) is 11.6. The number of nitrogens with zero attached hydrogens (tertiary/aromatic N) is 2. The molecule has 0 bridgehead atoms. The minimum absolute atomic E-state index is 0.0196. The van der Waals surface area contributed by atoms with Crippen molar-refractivity contribution in [1.82, 2.24) is 4.57 Å². The van der Waals surface area contributed by atoms with Gasteiger partial charge in [-0.2, -0.15) is 5.26 Å². The number of halogens is 1. The van der Waals surface area contributed by atoms with E-state index in [0.717, 1.165) is 21.3 Å². The van der Waals surface area contributed by atoms with Crippen LogP contribution in [0.5, 0.6) is 11.6 Å². The Labute approximate surface area is 191 Å². The van der Waals surface area contributed by atoms with Crippen LogP contribution in [0, 0.1) is 32.1 Å². The molecule has 3 aromatic rings. The maximum atomic E-state index is 13.2. The molecule has 0 saturated carbocycles. The van der Waals surface area contributed by atoms with Crippen LogP contribution in [0.1, 0.15) is 45.1 Å². The van der Waals surface area contributed by atoms with Gasteiger partial charge in [0.15, 0.2) is 6.10 Å². The summed E-state index contributed by atoms with van der Waals surface area (Å²) in [5.74, 6) is -0.583. The lowest BCUT2D eigenvalue weighted by Gasteiger charge is -2.19. The maximum Gasteiger partial charge on any atom is 0.271 e. The number of nitriles is 1. The van der Waals surface area contributed by atoms with E-state index in [1.54, 1.807) is 25.1 Å². The number of ether oxygens (including phenoxy) is 1. The van der Waals surface area contributed by atoms with E-state index in [1.807, 2.05) is 44.2 Å². The molecule has 0 aliphatic heterocycles. The molecule has 1 atom stereocenters. The van der Waals surface area contributed by atoms with Crippen molar-refractivity contribution in [2.45, 2.75) is 40.3 Å². The van der Waals surface area contributed by atoms with E-state index in [2.05, 4.69) is 0 Å². The molecule has 7 heteroatoms. The summed E-state index contributed by atoms with van der Waals surface area (Å²) in [6, 6.07) is 14.3. The zero-order valence-corrected chi connectivity index (χ0v) is 19.0. The van der Waals surface area contributed by atoms with Crippen LogP contribution in [-0.2, 0) is 6.54 Å². The molecule has 164 valence electrons. The minimum Gasteiger partial charge on any atom is -0.494 e. The summed E-state index contributed by atoms with van der Waals surface area (Å²) in [6.45, 7) is 6.80. The van der Waals surface area contributed by atoms with Crippen molar-refractivity contribution in [3.8, 4) is 17.7 Å². The second kappa shape index (κ2) is 9.29. The van der Waals surface area contributed by atoms with Gasteiger partial charge in [0.1, 0.15) is 17.4 Å². The minimum atomic E-state index is -0.975. The number of carbonyl (C=O) groups is 1. The molecule has 0 aliphatic carbocycles. The highest BCUT2D eigenvalue weighted by atomic mass is 35.5. The number of Topliss-reactive ketones (excluding diaryl/α,β-unsaturated/α-hetero) is 1. The summed E-state index contributed by atoms with van der Waals surface area (Å²) in [7, 11) is 0. The van der Waals surface area contributed by atoms with Gasteiger partial charge in [0.25, 0.3) is 5.56 Å². The highest BCUT2D eigenvalue weighted by molar-refractivity contribution is 6.31. The van der Waals surface area contributed by atoms with Crippen LogP contribution in [0.15, 0.2) is 47.3 Å². The molecular formula is C25H23ClN2O4. The molecule has 6 nitrogen and oxygen atoms in total. The lowest BCUT2D eigenvalue weighted by molar-refractivity contribution is 0.0812. The summed E-state index contributed by atoms with van der Waals surface area (Å²) in [6.07, 6.45) is -0.975. The fraction of sp³-hybridized carbons (Fsp3) is 0.240. The monoisotopic (exact) mass is 450 g/mol. The molecule has 0 spiro atoms. The third-order valence-electron chi connectivity index (χ3n) is 5.32. The Morgan fingerprint density at radius 3 is 2.44 bits per heavy atom. The number of carbonyl (C=O) groups excluding carboxylic acids is 1.